The first kappa shape index (κ1) is 21.9. The first-order valence-corrected chi connectivity index (χ1v) is 10.6. The number of pyridine rings is 1. The van der Waals surface area contributed by atoms with Crippen molar-refractivity contribution in [2.75, 3.05) is 0 Å². The molecule has 1 aromatic carbocycles. The molecule has 3 heterocycles. The first-order valence-electron chi connectivity index (χ1n) is 9.79. The number of benzene rings is 1. The van der Waals surface area contributed by atoms with Gasteiger partial charge in [0.05, 0.1) is 27.0 Å². The summed E-state index contributed by atoms with van der Waals surface area (Å²) < 4.78 is 41.3. The first-order chi connectivity index (χ1) is 15.1. The van der Waals surface area contributed by atoms with Crippen molar-refractivity contribution in [2.45, 2.75) is 38.4 Å². The second-order valence-corrected chi connectivity index (χ2v) is 8.70. The number of carbonyl (C=O) groups is 1. The molecule has 4 rings (SSSR count). The van der Waals surface area contributed by atoms with Gasteiger partial charge >= 0.3 is 12.1 Å². The summed E-state index contributed by atoms with van der Waals surface area (Å²) in [6.07, 6.45) is 1.17. The summed E-state index contributed by atoms with van der Waals surface area (Å²) >= 11 is 1.49. The zero-order valence-corrected chi connectivity index (χ0v) is 18.0. The minimum atomic E-state index is -4.45. The average molecular weight is 460 g/mol. The van der Waals surface area contributed by atoms with Crippen LogP contribution in [0.5, 0.6) is 0 Å². The molecule has 0 aliphatic heterocycles. The quantitative estimate of drug-likeness (QED) is 0.407. The highest BCUT2D eigenvalue weighted by molar-refractivity contribution is 7.18. The van der Waals surface area contributed by atoms with E-state index in [1.807, 2.05) is 19.9 Å². The Kier molecular flexibility index (Phi) is 5.72. The van der Waals surface area contributed by atoms with Crippen LogP contribution in [0.2, 0.25) is 0 Å². The molecule has 166 valence electrons. The monoisotopic (exact) mass is 460 g/mol. The fourth-order valence-corrected chi connectivity index (χ4v) is 4.58. The van der Waals surface area contributed by atoms with Crippen LogP contribution in [0.15, 0.2) is 49.1 Å². The van der Waals surface area contributed by atoms with Crippen LogP contribution in [-0.4, -0.2) is 30.8 Å². The van der Waals surface area contributed by atoms with Crippen LogP contribution < -0.4 is 0 Å². The van der Waals surface area contributed by atoms with Gasteiger partial charge in [-0.15, -0.1) is 11.3 Å². The Bertz CT molecular complexity index is 1280. The number of thiazole rings is 1. The van der Waals surface area contributed by atoms with Crippen molar-refractivity contribution in [3.63, 3.8) is 0 Å². The Morgan fingerprint density at radius 2 is 1.91 bits per heavy atom. The van der Waals surface area contributed by atoms with Crippen molar-refractivity contribution >= 4 is 27.5 Å². The third-order valence-corrected chi connectivity index (χ3v) is 6.64. The summed E-state index contributed by atoms with van der Waals surface area (Å²) in [6.45, 7) is 3.86. The van der Waals surface area contributed by atoms with Crippen LogP contribution in [-0.2, 0) is 17.5 Å². The molecule has 0 amide bonds. The van der Waals surface area contributed by atoms with Gasteiger partial charge in [-0.25, -0.2) is 4.98 Å². The Balaban J connectivity index is 1.60. The number of nitrogens with zero attached hydrogens (tertiary/aromatic N) is 4. The lowest BCUT2D eigenvalue weighted by atomic mass is 9.91. The minimum Gasteiger partial charge on any atom is -0.480 e. The van der Waals surface area contributed by atoms with Gasteiger partial charge in [-0.3, -0.25) is 14.5 Å². The van der Waals surface area contributed by atoms with E-state index < -0.39 is 17.7 Å². The molecule has 2 atom stereocenters. The average Bonchev–Trinajstić information content (AvgIpc) is 3.38. The lowest BCUT2D eigenvalue weighted by Crippen LogP contribution is -2.09. The Morgan fingerprint density at radius 1 is 1.12 bits per heavy atom. The third kappa shape index (κ3) is 4.50. The third-order valence-electron chi connectivity index (χ3n) is 5.42. The molecule has 0 aliphatic carbocycles. The van der Waals surface area contributed by atoms with E-state index in [4.69, 9.17) is 10.1 Å². The number of rotatable bonds is 6. The predicted octanol–water partition coefficient (Wildman–Crippen LogP) is 5.57. The normalized spacial score (nSPS) is 13.9. The summed E-state index contributed by atoms with van der Waals surface area (Å²) in [6, 6.07) is 6.46. The lowest BCUT2D eigenvalue weighted by molar-refractivity contribution is -0.138. The van der Waals surface area contributed by atoms with Crippen molar-refractivity contribution in [2.24, 2.45) is 0 Å². The topological polar surface area (TPSA) is 80.9 Å². The van der Waals surface area contributed by atoms with Gasteiger partial charge in [0.2, 0.25) is 0 Å². The molecule has 0 fully saturated rings. The molecule has 0 aliphatic rings. The fourth-order valence-electron chi connectivity index (χ4n) is 3.41. The van der Waals surface area contributed by atoms with Crippen molar-refractivity contribution in [1.82, 2.24) is 19.7 Å². The molecule has 4 aromatic rings. The maximum absolute atomic E-state index is 13.0. The van der Waals surface area contributed by atoms with Gasteiger partial charge in [-0.2, -0.15) is 18.3 Å². The van der Waals surface area contributed by atoms with Crippen molar-refractivity contribution in [3.8, 4) is 11.1 Å². The maximum Gasteiger partial charge on any atom is 0.417 e. The minimum absolute atomic E-state index is 0.0357. The van der Waals surface area contributed by atoms with Gasteiger partial charge in [-0.05, 0) is 35.2 Å². The molecule has 3 aromatic heterocycles. The van der Waals surface area contributed by atoms with E-state index >= 15 is 0 Å². The van der Waals surface area contributed by atoms with Gasteiger partial charge in [-0.1, -0.05) is 19.9 Å². The summed E-state index contributed by atoms with van der Waals surface area (Å²) in [4.78, 5) is 19.3. The molecule has 6 nitrogen and oxygen atoms in total. The van der Waals surface area contributed by atoms with Crippen molar-refractivity contribution in [3.05, 3.63) is 65.2 Å². The number of aromatic nitrogens is 4. The van der Waals surface area contributed by atoms with Crippen LogP contribution in [0.3, 0.4) is 0 Å². The molecule has 0 bridgehead atoms. The lowest BCUT2D eigenvalue weighted by Gasteiger charge is -2.15. The number of carboxylic acid groups (broad SMARTS) is 1. The van der Waals surface area contributed by atoms with Crippen LogP contribution >= 0.6 is 11.3 Å². The van der Waals surface area contributed by atoms with E-state index in [-0.39, 0.29) is 18.4 Å². The summed E-state index contributed by atoms with van der Waals surface area (Å²) in [5.74, 6) is -0.878. The predicted molar refractivity (Wildman–Crippen MR) is 115 cm³/mol. The molecule has 32 heavy (non-hydrogen) atoms. The van der Waals surface area contributed by atoms with Crippen LogP contribution in [0, 0.1) is 0 Å². The van der Waals surface area contributed by atoms with Gasteiger partial charge in [0.25, 0.3) is 0 Å². The van der Waals surface area contributed by atoms with Gasteiger partial charge in [0.1, 0.15) is 6.54 Å². The molecular weight excluding hydrogens is 441 g/mol. The van der Waals surface area contributed by atoms with Crippen LogP contribution in [0.25, 0.3) is 21.3 Å². The highest BCUT2D eigenvalue weighted by atomic mass is 32.1. The van der Waals surface area contributed by atoms with E-state index in [0.29, 0.717) is 11.1 Å². The fraction of sp³-hybridized carbons (Fsp3) is 0.273. The molecule has 2 unspecified atom stereocenters. The molecule has 10 heteroatoms. The van der Waals surface area contributed by atoms with Gasteiger partial charge in [0, 0.05) is 30.1 Å². The van der Waals surface area contributed by atoms with Crippen molar-refractivity contribution < 1.29 is 23.1 Å². The summed E-state index contributed by atoms with van der Waals surface area (Å²) in [5.41, 5.74) is 1.93. The number of hydrogen-bond acceptors (Lipinski definition) is 5. The van der Waals surface area contributed by atoms with E-state index in [2.05, 4.69) is 10.1 Å². The molecule has 0 spiro atoms. The smallest absolute Gasteiger partial charge is 0.417 e. The Labute approximate surface area is 185 Å². The largest absolute Gasteiger partial charge is 0.480 e. The van der Waals surface area contributed by atoms with Crippen LogP contribution in [0.1, 0.15) is 41.8 Å². The highest BCUT2D eigenvalue weighted by Gasteiger charge is 2.31. The molecule has 0 saturated carbocycles. The SMILES string of the molecule is CC(c1cnn(CC(=O)O)c1)C(C)c1nc2ccc(-c3cncc(C(F)(F)F)c3)cc2s1. The number of hydrogen-bond donors (Lipinski definition) is 1. The van der Waals surface area contributed by atoms with E-state index in [9.17, 15) is 18.0 Å². The summed E-state index contributed by atoms with van der Waals surface area (Å²) in [5, 5.41) is 13.9. The number of fused-ring (bicyclic) bond motifs is 1. The number of aliphatic carboxylic acids is 1. The molecule has 0 radical (unpaired) electrons. The number of carboxylic acids is 1. The van der Waals surface area contributed by atoms with Crippen LogP contribution in [0.4, 0.5) is 13.2 Å². The van der Waals surface area contributed by atoms with Crippen molar-refractivity contribution in [1.29, 1.82) is 0 Å². The van der Waals surface area contributed by atoms with E-state index in [0.717, 1.165) is 33.1 Å². The highest BCUT2D eigenvalue weighted by Crippen LogP contribution is 2.38. The number of halogens is 3. The second kappa shape index (κ2) is 8.34. The van der Waals surface area contributed by atoms with E-state index in [1.165, 1.54) is 22.2 Å². The van der Waals surface area contributed by atoms with Gasteiger partial charge in [0.15, 0.2) is 0 Å². The van der Waals surface area contributed by atoms with Gasteiger partial charge < -0.3 is 5.11 Å². The Morgan fingerprint density at radius 3 is 2.62 bits per heavy atom. The molecular formula is C22H19F3N4O2S. The maximum atomic E-state index is 13.0. The molecule has 0 saturated heterocycles. The zero-order valence-electron chi connectivity index (χ0n) is 17.2. The molecule has 1 N–H and O–H groups in total. The van der Waals surface area contributed by atoms with E-state index in [1.54, 1.807) is 24.5 Å². The Hall–Kier alpha value is -3.27. The standard InChI is InChI=1S/C22H19F3N4O2S/c1-12(16-8-27-29(10-16)11-20(30)31)13(2)21-28-18-4-3-14(6-19(18)32-21)15-5-17(9-26-7-15)22(23,24)25/h3-10,12-13H,11H2,1-2H3,(H,30,31). The number of alkyl halides is 3. The summed E-state index contributed by atoms with van der Waals surface area (Å²) in [7, 11) is 0. The zero-order chi connectivity index (χ0) is 23.0. The second-order valence-electron chi connectivity index (χ2n) is 7.64.